The molecule has 7 heteroatoms. The van der Waals surface area contributed by atoms with Crippen LogP contribution in [0.5, 0.6) is 0 Å². The number of hydrogen-bond donors (Lipinski definition) is 1. The number of fused-ring (bicyclic) bond motifs is 1. The zero-order valence-corrected chi connectivity index (χ0v) is 11.3. The van der Waals surface area contributed by atoms with Crippen LogP contribution in [-0.2, 0) is 0 Å². The van der Waals surface area contributed by atoms with Gasteiger partial charge in [-0.1, -0.05) is 17.7 Å². The van der Waals surface area contributed by atoms with Crippen molar-refractivity contribution in [1.82, 2.24) is 9.55 Å². The number of benzene rings is 2. The number of nitrogens with one attached hydrogen (secondary N) is 1. The van der Waals surface area contributed by atoms with Crippen LogP contribution in [-0.4, -0.2) is 9.55 Å². The van der Waals surface area contributed by atoms with E-state index in [2.05, 4.69) is 4.98 Å². The Morgan fingerprint density at radius 1 is 1.10 bits per heavy atom. The molecule has 20 heavy (non-hydrogen) atoms. The van der Waals surface area contributed by atoms with Gasteiger partial charge >= 0.3 is 0 Å². The number of imidazole rings is 1. The molecular weight excluding hydrogens is 309 g/mol. The van der Waals surface area contributed by atoms with Crippen LogP contribution < -0.4 is 0 Å². The summed E-state index contributed by atoms with van der Waals surface area (Å²) in [5, 5.41) is 0.426. The van der Waals surface area contributed by atoms with Crippen LogP contribution in [0.15, 0.2) is 30.3 Å². The van der Waals surface area contributed by atoms with Crippen LogP contribution in [0.2, 0.25) is 5.02 Å². The zero-order valence-electron chi connectivity index (χ0n) is 9.75. The summed E-state index contributed by atoms with van der Waals surface area (Å²) in [6, 6.07) is 6.78. The summed E-state index contributed by atoms with van der Waals surface area (Å²) in [4.78, 5) is 2.85. The van der Waals surface area contributed by atoms with Gasteiger partial charge in [-0.05, 0) is 24.4 Å². The lowest BCUT2D eigenvalue weighted by atomic mass is 10.2. The van der Waals surface area contributed by atoms with Crippen molar-refractivity contribution in [1.29, 1.82) is 0 Å². The summed E-state index contributed by atoms with van der Waals surface area (Å²) in [7, 11) is 0. The molecule has 102 valence electrons. The summed E-state index contributed by atoms with van der Waals surface area (Å²) >= 11 is 11.1. The number of H-pyrrole nitrogens is 1. The van der Waals surface area contributed by atoms with E-state index >= 15 is 0 Å². The fourth-order valence-corrected chi connectivity index (χ4v) is 2.55. The Bertz CT molecular complexity index is 862. The van der Waals surface area contributed by atoms with Gasteiger partial charge in [0.25, 0.3) is 0 Å². The Morgan fingerprint density at radius 2 is 1.75 bits per heavy atom. The third-order valence-corrected chi connectivity index (χ3v) is 3.49. The molecule has 3 aromatic rings. The molecule has 0 aliphatic rings. The number of nitrogens with zero attached hydrogens (tertiary/aromatic N) is 1. The lowest BCUT2D eigenvalue weighted by molar-refractivity contribution is 0.446. The van der Waals surface area contributed by atoms with Gasteiger partial charge < -0.3 is 4.98 Å². The molecule has 0 radical (unpaired) electrons. The average molecular weight is 315 g/mol. The lowest BCUT2D eigenvalue weighted by Crippen LogP contribution is -1.99. The fourth-order valence-electron chi connectivity index (χ4n) is 2.02. The van der Waals surface area contributed by atoms with Crippen molar-refractivity contribution in [3.05, 3.63) is 57.6 Å². The molecule has 0 aliphatic heterocycles. The van der Waals surface area contributed by atoms with E-state index in [9.17, 15) is 13.2 Å². The highest BCUT2D eigenvalue weighted by Crippen LogP contribution is 2.26. The smallest absolute Gasteiger partial charge is 0.194 e. The Hall–Kier alpha value is -1.79. The number of para-hydroxylation sites is 1. The minimum absolute atomic E-state index is 0.0833. The van der Waals surface area contributed by atoms with Gasteiger partial charge in [0, 0.05) is 12.1 Å². The Kier molecular flexibility index (Phi) is 3.07. The predicted octanol–water partition coefficient (Wildman–Crippen LogP) is 4.76. The maximum Gasteiger partial charge on any atom is 0.194 e. The highest BCUT2D eigenvalue weighted by atomic mass is 35.5. The fraction of sp³-hybridized carbons (Fsp3) is 0. The largest absolute Gasteiger partial charge is 0.329 e. The average Bonchev–Trinajstić information content (AvgIpc) is 2.73. The van der Waals surface area contributed by atoms with Gasteiger partial charge in [-0.25, -0.2) is 13.2 Å². The second-order valence-corrected chi connectivity index (χ2v) is 4.92. The van der Waals surface area contributed by atoms with Gasteiger partial charge in [-0.15, -0.1) is 0 Å². The molecule has 2 aromatic carbocycles. The van der Waals surface area contributed by atoms with Crippen molar-refractivity contribution >= 4 is 34.9 Å². The molecular formula is C13H6ClF3N2S. The first kappa shape index (κ1) is 13.2. The number of aromatic nitrogens is 2. The molecule has 0 fully saturated rings. The molecule has 0 spiro atoms. The monoisotopic (exact) mass is 314 g/mol. The van der Waals surface area contributed by atoms with Crippen LogP contribution in [0.25, 0.3) is 16.7 Å². The van der Waals surface area contributed by atoms with Crippen LogP contribution in [0.3, 0.4) is 0 Å². The molecule has 0 saturated carbocycles. The molecule has 0 aliphatic carbocycles. The van der Waals surface area contributed by atoms with E-state index in [1.165, 1.54) is 4.57 Å². The van der Waals surface area contributed by atoms with Gasteiger partial charge in [0.15, 0.2) is 22.2 Å². The van der Waals surface area contributed by atoms with Gasteiger partial charge in [0.05, 0.1) is 21.7 Å². The van der Waals surface area contributed by atoms with Crippen LogP contribution in [0.4, 0.5) is 13.2 Å². The molecule has 0 saturated heterocycles. The van der Waals surface area contributed by atoms with Crippen molar-refractivity contribution in [2.75, 3.05) is 0 Å². The van der Waals surface area contributed by atoms with E-state index in [0.717, 1.165) is 12.1 Å². The molecule has 1 aromatic heterocycles. The summed E-state index contributed by atoms with van der Waals surface area (Å²) in [6.07, 6.45) is 0. The minimum atomic E-state index is -1.52. The summed E-state index contributed by atoms with van der Waals surface area (Å²) < 4.78 is 41.3. The van der Waals surface area contributed by atoms with Crippen molar-refractivity contribution < 1.29 is 13.2 Å². The second-order valence-electron chi connectivity index (χ2n) is 4.12. The molecule has 1 heterocycles. The third kappa shape index (κ3) is 1.92. The van der Waals surface area contributed by atoms with Crippen molar-refractivity contribution in [3.8, 4) is 5.69 Å². The van der Waals surface area contributed by atoms with E-state index in [1.54, 1.807) is 18.2 Å². The van der Waals surface area contributed by atoms with Gasteiger partial charge in [-0.3, -0.25) is 4.57 Å². The molecule has 3 rings (SSSR count). The Labute approximate surface area is 121 Å². The molecule has 2 nitrogen and oxygen atoms in total. The van der Waals surface area contributed by atoms with Gasteiger partial charge in [-0.2, -0.15) is 0 Å². The van der Waals surface area contributed by atoms with E-state index in [-0.39, 0.29) is 10.5 Å². The van der Waals surface area contributed by atoms with E-state index < -0.39 is 17.5 Å². The van der Waals surface area contributed by atoms with Crippen molar-refractivity contribution in [2.45, 2.75) is 0 Å². The standard InChI is InChI=1S/C13H6ClF3N2S/c14-7-2-1-3-10-12(7)18-13(20)19(10)6-4-8(15)11(17)9(16)5-6/h1-5H,(H,18,20). The first-order chi connectivity index (χ1) is 9.49. The molecule has 0 atom stereocenters. The SMILES string of the molecule is Fc1cc(-n2c(=S)[nH]c3c(Cl)cccc32)cc(F)c1F. The first-order valence-electron chi connectivity index (χ1n) is 5.53. The quantitative estimate of drug-likeness (QED) is 0.507. The lowest BCUT2D eigenvalue weighted by Gasteiger charge is -2.06. The zero-order chi connectivity index (χ0) is 14.4. The summed E-state index contributed by atoms with van der Waals surface area (Å²) in [5.74, 6) is -4.07. The highest BCUT2D eigenvalue weighted by Gasteiger charge is 2.14. The minimum Gasteiger partial charge on any atom is -0.329 e. The first-order valence-corrected chi connectivity index (χ1v) is 6.32. The number of halogens is 4. The van der Waals surface area contributed by atoms with E-state index in [0.29, 0.717) is 16.1 Å². The Balaban J connectivity index is 2.38. The van der Waals surface area contributed by atoms with Crippen LogP contribution in [0, 0.1) is 22.2 Å². The maximum absolute atomic E-state index is 13.3. The van der Waals surface area contributed by atoms with Gasteiger partial charge in [0.1, 0.15) is 0 Å². The van der Waals surface area contributed by atoms with E-state index in [4.69, 9.17) is 23.8 Å². The molecule has 0 bridgehead atoms. The summed E-state index contributed by atoms with van der Waals surface area (Å²) in [6.45, 7) is 0. The van der Waals surface area contributed by atoms with Crippen molar-refractivity contribution in [2.24, 2.45) is 0 Å². The predicted molar refractivity (Wildman–Crippen MR) is 73.3 cm³/mol. The van der Waals surface area contributed by atoms with Gasteiger partial charge in [0.2, 0.25) is 0 Å². The van der Waals surface area contributed by atoms with Crippen LogP contribution >= 0.6 is 23.8 Å². The molecule has 1 N–H and O–H groups in total. The molecule has 0 amide bonds. The topological polar surface area (TPSA) is 20.7 Å². The maximum atomic E-state index is 13.3. The number of rotatable bonds is 1. The normalized spacial score (nSPS) is 11.2. The summed E-state index contributed by atoms with van der Waals surface area (Å²) in [5.41, 5.74) is 1.18. The third-order valence-electron chi connectivity index (χ3n) is 2.89. The second kappa shape index (κ2) is 4.64. The molecule has 0 unspecified atom stereocenters. The Morgan fingerprint density at radius 3 is 2.40 bits per heavy atom. The number of aromatic amines is 1. The van der Waals surface area contributed by atoms with Crippen molar-refractivity contribution in [3.63, 3.8) is 0 Å². The van der Waals surface area contributed by atoms with E-state index in [1.807, 2.05) is 0 Å². The van der Waals surface area contributed by atoms with Crippen LogP contribution in [0.1, 0.15) is 0 Å². The highest BCUT2D eigenvalue weighted by molar-refractivity contribution is 7.71. The number of hydrogen-bond acceptors (Lipinski definition) is 1.